The van der Waals surface area contributed by atoms with E-state index in [9.17, 15) is 0 Å². The average Bonchev–Trinajstić information content (AvgIpc) is 2.30. The standard InChI is InChI=1S/C11H13N3.ClH/c12-7-10-6-11(9-13-8-10)14-4-2-1-3-5-14;/h6,8-9H,1-5H2;1H. The fourth-order valence-corrected chi connectivity index (χ4v) is 1.81. The van der Waals surface area contributed by atoms with Crippen molar-refractivity contribution in [3.63, 3.8) is 0 Å². The van der Waals surface area contributed by atoms with Crippen molar-refractivity contribution in [2.24, 2.45) is 0 Å². The monoisotopic (exact) mass is 223 g/mol. The lowest BCUT2D eigenvalue weighted by Crippen LogP contribution is -2.29. The average molecular weight is 224 g/mol. The fraction of sp³-hybridized carbons (Fsp3) is 0.455. The summed E-state index contributed by atoms with van der Waals surface area (Å²) in [5.74, 6) is 0. The maximum atomic E-state index is 8.75. The van der Waals surface area contributed by atoms with Crippen LogP contribution in [0, 0.1) is 11.3 Å². The maximum Gasteiger partial charge on any atom is 0.101 e. The van der Waals surface area contributed by atoms with Gasteiger partial charge in [0.15, 0.2) is 0 Å². The molecule has 0 amide bonds. The highest BCUT2D eigenvalue weighted by Gasteiger charge is 2.11. The van der Waals surface area contributed by atoms with E-state index in [1.807, 2.05) is 12.3 Å². The Morgan fingerprint density at radius 2 is 1.93 bits per heavy atom. The third-order valence-electron chi connectivity index (χ3n) is 2.57. The van der Waals surface area contributed by atoms with Gasteiger partial charge < -0.3 is 4.90 Å². The van der Waals surface area contributed by atoms with E-state index < -0.39 is 0 Å². The maximum absolute atomic E-state index is 8.75. The largest absolute Gasteiger partial charge is 0.370 e. The number of nitrogens with zero attached hydrogens (tertiary/aromatic N) is 3. The van der Waals surface area contributed by atoms with Crippen LogP contribution in [0.5, 0.6) is 0 Å². The van der Waals surface area contributed by atoms with Gasteiger partial charge in [-0.15, -0.1) is 12.4 Å². The summed E-state index contributed by atoms with van der Waals surface area (Å²) in [7, 11) is 0. The van der Waals surface area contributed by atoms with Crippen molar-refractivity contribution in [3.8, 4) is 6.07 Å². The summed E-state index contributed by atoms with van der Waals surface area (Å²) in [6.07, 6.45) is 7.26. The molecule has 4 heteroatoms. The number of aromatic nitrogens is 1. The molecule has 2 heterocycles. The van der Waals surface area contributed by atoms with Crippen LogP contribution in [0.3, 0.4) is 0 Å². The Kier molecular flexibility index (Phi) is 4.38. The molecule has 0 N–H and O–H groups in total. The van der Waals surface area contributed by atoms with Crippen molar-refractivity contribution in [1.82, 2.24) is 4.98 Å². The van der Waals surface area contributed by atoms with Crippen LogP contribution in [0.15, 0.2) is 18.5 Å². The zero-order chi connectivity index (χ0) is 9.80. The summed E-state index contributed by atoms with van der Waals surface area (Å²) >= 11 is 0. The molecule has 3 nitrogen and oxygen atoms in total. The Bertz CT molecular complexity index is 353. The predicted molar refractivity (Wildman–Crippen MR) is 62.3 cm³/mol. The number of hydrogen-bond donors (Lipinski definition) is 0. The molecule has 0 atom stereocenters. The van der Waals surface area contributed by atoms with Gasteiger partial charge in [-0.1, -0.05) is 0 Å². The van der Waals surface area contributed by atoms with Crippen LogP contribution in [0.25, 0.3) is 0 Å². The van der Waals surface area contributed by atoms with Crippen molar-refractivity contribution in [1.29, 1.82) is 5.26 Å². The van der Waals surface area contributed by atoms with Crippen LogP contribution >= 0.6 is 12.4 Å². The van der Waals surface area contributed by atoms with Crippen molar-refractivity contribution < 1.29 is 0 Å². The first kappa shape index (κ1) is 11.8. The minimum absolute atomic E-state index is 0. The molecular formula is C11H14ClN3. The summed E-state index contributed by atoms with van der Waals surface area (Å²) < 4.78 is 0. The number of pyridine rings is 1. The fourth-order valence-electron chi connectivity index (χ4n) is 1.81. The van der Waals surface area contributed by atoms with Crippen molar-refractivity contribution in [2.45, 2.75) is 19.3 Å². The van der Waals surface area contributed by atoms with Gasteiger partial charge in [0.1, 0.15) is 6.07 Å². The van der Waals surface area contributed by atoms with Gasteiger partial charge in [-0.2, -0.15) is 5.26 Å². The predicted octanol–water partition coefficient (Wildman–Crippen LogP) is 2.37. The Labute approximate surface area is 96.1 Å². The molecule has 0 radical (unpaired) electrons. The third kappa shape index (κ3) is 2.84. The SMILES string of the molecule is Cl.N#Cc1cncc(N2CCCCC2)c1. The van der Waals surface area contributed by atoms with Crippen LogP contribution < -0.4 is 4.90 Å². The Morgan fingerprint density at radius 3 is 2.60 bits per heavy atom. The molecule has 0 spiro atoms. The van der Waals surface area contributed by atoms with E-state index >= 15 is 0 Å². The summed E-state index contributed by atoms with van der Waals surface area (Å²) in [5, 5.41) is 8.75. The summed E-state index contributed by atoms with van der Waals surface area (Å²) in [5.41, 5.74) is 1.73. The number of rotatable bonds is 1. The zero-order valence-electron chi connectivity index (χ0n) is 8.52. The van der Waals surface area contributed by atoms with Crippen LogP contribution in [-0.4, -0.2) is 18.1 Å². The molecule has 1 aliphatic heterocycles. The third-order valence-corrected chi connectivity index (χ3v) is 2.57. The van der Waals surface area contributed by atoms with E-state index in [2.05, 4.69) is 16.0 Å². The summed E-state index contributed by atoms with van der Waals surface area (Å²) in [4.78, 5) is 6.37. The molecule has 1 aromatic heterocycles. The first-order valence-electron chi connectivity index (χ1n) is 5.00. The number of nitriles is 1. The van der Waals surface area contributed by atoms with Crippen LogP contribution in [0.1, 0.15) is 24.8 Å². The van der Waals surface area contributed by atoms with Gasteiger partial charge in [0.05, 0.1) is 17.4 Å². The van der Waals surface area contributed by atoms with Gasteiger partial charge in [0.2, 0.25) is 0 Å². The quantitative estimate of drug-likeness (QED) is 0.734. The van der Waals surface area contributed by atoms with Crippen LogP contribution in [-0.2, 0) is 0 Å². The molecule has 0 unspecified atom stereocenters. The van der Waals surface area contributed by atoms with Gasteiger partial charge in [-0.05, 0) is 25.3 Å². The van der Waals surface area contributed by atoms with Gasteiger partial charge in [0.25, 0.3) is 0 Å². The van der Waals surface area contributed by atoms with Gasteiger partial charge in [-0.3, -0.25) is 4.98 Å². The van der Waals surface area contributed by atoms with Crippen molar-refractivity contribution in [3.05, 3.63) is 24.0 Å². The van der Waals surface area contributed by atoms with E-state index in [0.29, 0.717) is 5.56 Å². The van der Waals surface area contributed by atoms with Crippen LogP contribution in [0.4, 0.5) is 5.69 Å². The first-order valence-corrected chi connectivity index (χ1v) is 5.00. The number of piperidine rings is 1. The Morgan fingerprint density at radius 1 is 1.20 bits per heavy atom. The zero-order valence-corrected chi connectivity index (χ0v) is 9.33. The molecular weight excluding hydrogens is 210 g/mol. The molecule has 0 aliphatic carbocycles. The molecule has 1 aromatic rings. The van der Waals surface area contributed by atoms with Crippen LogP contribution in [0.2, 0.25) is 0 Å². The molecule has 2 rings (SSSR count). The highest BCUT2D eigenvalue weighted by atomic mass is 35.5. The number of anilines is 1. The highest BCUT2D eigenvalue weighted by molar-refractivity contribution is 5.85. The molecule has 1 fully saturated rings. The minimum atomic E-state index is 0. The molecule has 0 bridgehead atoms. The van der Waals surface area contributed by atoms with E-state index in [1.165, 1.54) is 19.3 Å². The molecule has 1 saturated heterocycles. The second kappa shape index (κ2) is 5.57. The normalized spacial score (nSPS) is 15.3. The minimum Gasteiger partial charge on any atom is -0.370 e. The van der Waals surface area contributed by atoms with Gasteiger partial charge in [0, 0.05) is 19.3 Å². The Balaban J connectivity index is 0.00000112. The molecule has 0 saturated carbocycles. The second-order valence-electron chi connectivity index (χ2n) is 3.59. The lowest BCUT2D eigenvalue weighted by Gasteiger charge is -2.28. The Hall–Kier alpha value is -1.27. The smallest absolute Gasteiger partial charge is 0.101 e. The molecule has 0 aromatic carbocycles. The molecule has 80 valence electrons. The van der Waals surface area contributed by atoms with Crippen molar-refractivity contribution >= 4 is 18.1 Å². The lowest BCUT2D eigenvalue weighted by molar-refractivity contribution is 0.577. The van der Waals surface area contributed by atoms with Crippen molar-refractivity contribution in [2.75, 3.05) is 18.0 Å². The van der Waals surface area contributed by atoms with E-state index in [4.69, 9.17) is 5.26 Å². The van der Waals surface area contributed by atoms with Gasteiger partial charge >= 0.3 is 0 Å². The van der Waals surface area contributed by atoms with E-state index in [-0.39, 0.29) is 12.4 Å². The topological polar surface area (TPSA) is 39.9 Å². The summed E-state index contributed by atoms with van der Waals surface area (Å²) in [6, 6.07) is 4.03. The second-order valence-corrected chi connectivity index (χ2v) is 3.59. The van der Waals surface area contributed by atoms with E-state index in [1.54, 1.807) is 6.20 Å². The number of halogens is 1. The van der Waals surface area contributed by atoms with Gasteiger partial charge in [-0.25, -0.2) is 0 Å². The molecule has 1 aliphatic rings. The molecule has 15 heavy (non-hydrogen) atoms. The number of hydrogen-bond acceptors (Lipinski definition) is 3. The first-order chi connectivity index (χ1) is 6.90. The summed E-state index contributed by atoms with van der Waals surface area (Å²) in [6.45, 7) is 2.19. The van der Waals surface area contributed by atoms with E-state index in [0.717, 1.165) is 18.8 Å². The highest BCUT2D eigenvalue weighted by Crippen LogP contribution is 2.19. The lowest BCUT2D eigenvalue weighted by atomic mass is 10.1.